The Morgan fingerprint density at radius 2 is 0.750 bits per heavy atom. The number of nitrogens with one attached hydrogen (secondary N) is 1. The number of ether oxygens (including phenoxy) is 10. The van der Waals surface area contributed by atoms with Gasteiger partial charge >= 0.3 is 38.9 Å². The molecule has 0 saturated carbocycles. The molecular formula is C63H124NO39P5. The first kappa shape index (κ1) is 99.7. The second-order valence-electron chi connectivity index (χ2n) is 27.6. The summed E-state index contributed by atoms with van der Waals surface area (Å²) in [6.45, 7) is 3.62. The lowest BCUT2D eigenvalue weighted by Gasteiger charge is -2.42. The predicted octanol–water partition coefficient (Wildman–Crippen LogP) is 2.71. The molecule has 0 aromatic carbocycles. The van der Waals surface area contributed by atoms with Gasteiger partial charge in [-0.25, -0.2) is 18.3 Å². The number of hydrogen-bond donors (Lipinski definition) is 15. The summed E-state index contributed by atoms with van der Waals surface area (Å²) in [5.74, 6) is -1.61. The quantitative estimate of drug-likeness (QED) is 0.0307. The summed E-state index contributed by atoms with van der Waals surface area (Å²) in [7, 11) is -22.9. The molecule has 0 aromatic heterocycles. The van der Waals surface area contributed by atoms with Crippen LogP contribution in [0.5, 0.6) is 0 Å². The Hall–Kier alpha value is -0.700. The number of carbonyl (C=O) groups is 1. The normalized spacial score (nSPS) is 31.2. The number of aliphatic hydroxyl groups excluding tert-OH is 9. The smallest absolute Gasteiger partial charge is 0.394 e. The zero-order valence-electron chi connectivity index (χ0n) is 62.6. The van der Waals surface area contributed by atoms with E-state index in [0.29, 0.717) is 77.0 Å². The van der Waals surface area contributed by atoms with E-state index in [4.69, 9.17) is 88.1 Å². The molecule has 0 aliphatic carbocycles. The number of rotatable bonds is 61. The van der Waals surface area contributed by atoms with Gasteiger partial charge in [-0.15, -0.1) is 0 Å². The standard InChI is InChI=1S/C63H124NO39P5/c1-43(2)104(75,76)103-48-34-44(3)99-52(48)38-97-108(83,84)98-42-63(39-85-22-19-31-94-105(77,78)91-28-16-10-7-13-25-88-60-45(4)54(69)56(71)49(35-65)100-60,40-86-23-20-32-95-106(79,80)92-29-17-11-8-14-26-89-61-46(5)55(70)57(72)50(36-66)101-61)41-87-24-21-33-96-107(81,82)93-30-18-12-9-15-27-90-62-53(64-47(6)68)59(74)58(73)51(37-67)102-62/h43-46,48-62,65-67,69-74H,7-42H2,1-6H3,(H,64,68)(H,75,76)(H,77,78)(H,79,80)(H,81,82)(H,83,84)/t44-,45?,46?,48?,49?,50?,51?,52+,53?,54+,55+,56-,57-,58-,59+,60+,61+,62+,63?/m0/s1. The number of phosphoric acid groups is 4. The Kier molecular flexibility index (Phi) is 47.5. The maximum absolute atomic E-state index is 13.8. The number of unbranched alkanes of at least 4 members (excludes halogenated alkanes) is 9. The number of carbonyl (C=O) groups excluding carboxylic acids is 1. The van der Waals surface area contributed by atoms with E-state index in [9.17, 15) is 98.0 Å². The van der Waals surface area contributed by atoms with Gasteiger partial charge in [0.2, 0.25) is 5.91 Å². The number of aliphatic hydroxyl groups is 9. The van der Waals surface area contributed by atoms with Gasteiger partial charge in [-0.05, 0) is 64.7 Å². The molecule has 4 aliphatic rings. The fourth-order valence-corrected chi connectivity index (χ4v) is 15.5. The number of hydrogen-bond acceptors (Lipinski definition) is 34. The summed E-state index contributed by atoms with van der Waals surface area (Å²) in [4.78, 5) is 64.8. The predicted molar refractivity (Wildman–Crippen MR) is 377 cm³/mol. The van der Waals surface area contributed by atoms with Crippen molar-refractivity contribution in [2.45, 2.75) is 248 Å². The molecule has 4 fully saturated rings. The Morgan fingerprint density at radius 1 is 0.417 bits per heavy atom. The van der Waals surface area contributed by atoms with E-state index in [0.717, 1.165) is 0 Å². The van der Waals surface area contributed by atoms with Gasteiger partial charge in [-0.3, -0.25) is 45.5 Å². The molecule has 4 saturated heterocycles. The molecule has 108 heavy (non-hydrogen) atoms. The molecule has 15 N–H and O–H groups in total. The first-order valence-corrected chi connectivity index (χ1v) is 44.5. The Morgan fingerprint density at radius 3 is 1.11 bits per heavy atom. The van der Waals surface area contributed by atoms with Gasteiger partial charge in [0.05, 0.1) is 128 Å². The largest absolute Gasteiger partial charge is 0.472 e. The Labute approximate surface area is 631 Å². The van der Waals surface area contributed by atoms with Crippen molar-refractivity contribution in [3.8, 4) is 0 Å². The minimum absolute atomic E-state index is 0.00823. The third-order valence-electron chi connectivity index (χ3n) is 17.9. The van der Waals surface area contributed by atoms with Crippen molar-refractivity contribution in [2.75, 3.05) is 132 Å². The lowest BCUT2D eigenvalue weighted by atomic mass is 9.92. The van der Waals surface area contributed by atoms with Gasteiger partial charge < -0.3 is 128 Å². The molecule has 1 amide bonds. The molecule has 12 unspecified atom stereocenters. The van der Waals surface area contributed by atoms with Crippen LogP contribution in [0.1, 0.15) is 144 Å². The maximum atomic E-state index is 13.8. The Balaban J connectivity index is 1.34. The Bertz CT molecular complexity index is 2620. The van der Waals surface area contributed by atoms with Crippen molar-refractivity contribution in [1.29, 1.82) is 0 Å². The average Bonchev–Trinajstić information content (AvgIpc) is 1.12. The van der Waals surface area contributed by atoms with Crippen LogP contribution in [0.2, 0.25) is 0 Å². The van der Waals surface area contributed by atoms with Crippen LogP contribution in [-0.2, 0) is 116 Å². The van der Waals surface area contributed by atoms with E-state index in [2.05, 4.69) is 5.32 Å². The van der Waals surface area contributed by atoms with E-state index in [1.165, 1.54) is 20.8 Å². The second-order valence-corrected chi connectivity index (χ2v) is 35.8. The molecule has 4 heterocycles. The summed E-state index contributed by atoms with van der Waals surface area (Å²) >= 11 is 0. The highest BCUT2D eigenvalue weighted by Gasteiger charge is 2.48. The molecule has 0 radical (unpaired) electrons. The zero-order chi connectivity index (χ0) is 80.1. The summed E-state index contributed by atoms with van der Waals surface area (Å²) in [5.41, 5.74) is -2.34. The van der Waals surface area contributed by atoms with Crippen molar-refractivity contribution in [3.05, 3.63) is 0 Å². The average molecular weight is 1670 g/mol. The van der Waals surface area contributed by atoms with Crippen molar-refractivity contribution in [3.63, 3.8) is 0 Å². The second kappa shape index (κ2) is 51.5. The van der Waals surface area contributed by atoms with Crippen LogP contribution in [0.4, 0.5) is 0 Å². The topological polar surface area (TPSA) is 573 Å². The molecule has 0 spiro atoms. The highest BCUT2D eigenvalue weighted by molar-refractivity contribution is 7.53. The van der Waals surface area contributed by atoms with Crippen LogP contribution in [0.25, 0.3) is 0 Å². The fraction of sp³-hybridized carbons (Fsp3) is 0.984. The van der Waals surface area contributed by atoms with Crippen molar-refractivity contribution in [2.24, 2.45) is 17.3 Å². The molecule has 0 bridgehead atoms. The highest BCUT2D eigenvalue weighted by Crippen LogP contribution is 2.52. The fourth-order valence-electron chi connectivity index (χ4n) is 11.4. The van der Waals surface area contributed by atoms with Gasteiger partial charge in [-0.1, -0.05) is 66.2 Å². The van der Waals surface area contributed by atoms with Crippen molar-refractivity contribution < 1.29 is 186 Å². The van der Waals surface area contributed by atoms with Crippen LogP contribution >= 0.6 is 38.9 Å². The minimum Gasteiger partial charge on any atom is -0.394 e. The zero-order valence-corrected chi connectivity index (χ0v) is 67.1. The van der Waals surface area contributed by atoms with Crippen LogP contribution in [0, 0.1) is 17.3 Å². The number of phosphoric ester groups is 4. The molecule has 0 aromatic rings. The van der Waals surface area contributed by atoms with Crippen LogP contribution in [0.3, 0.4) is 0 Å². The van der Waals surface area contributed by atoms with Crippen LogP contribution in [-0.4, -0.2) is 312 Å². The SMILES string of the molecule is CC(=O)NC1[C@H](OCCCCCCOP(=O)(O)OCCCOCC(COCCCOP(=O)(O)OCCCCCCO[C@@H]2OC(CO)[C@H](O)[C@H](O)C2C)(COCCCOP(=O)(O)OCCCCCCO[C@@H]2OC(CO)[C@H](O)[C@H](O)C2C)COP(=O)(O)OC[C@H]2O[C@@H](C)CC2OP(=O)(O)C(C)C)OC(CO)[C@H](O)[C@@H]1O. The van der Waals surface area contributed by atoms with E-state index in [1.807, 2.05) is 0 Å². The highest BCUT2D eigenvalue weighted by atomic mass is 31.2. The molecule has 40 nitrogen and oxygen atoms in total. The van der Waals surface area contributed by atoms with E-state index in [-0.39, 0.29) is 118 Å². The lowest BCUT2D eigenvalue weighted by Crippen LogP contribution is -2.64. The van der Waals surface area contributed by atoms with E-state index in [1.54, 1.807) is 20.8 Å². The van der Waals surface area contributed by atoms with Crippen LogP contribution < -0.4 is 5.32 Å². The van der Waals surface area contributed by atoms with Crippen molar-refractivity contribution >= 4 is 44.8 Å². The van der Waals surface area contributed by atoms with E-state index >= 15 is 0 Å². The van der Waals surface area contributed by atoms with Gasteiger partial charge in [0, 0.05) is 64.8 Å². The monoisotopic (exact) mass is 1670 g/mol. The minimum atomic E-state index is -5.09. The third-order valence-corrected chi connectivity index (χ3v) is 23.8. The van der Waals surface area contributed by atoms with Gasteiger partial charge in [-0.2, -0.15) is 0 Å². The summed E-state index contributed by atoms with van der Waals surface area (Å²) in [6, 6.07) is -1.10. The van der Waals surface area contributed by atoms with Gasteiger partial charge in [0.25, 0.3) is 0 Å². The molecule has 45 heteroatoms. The lowest BCUT2D eigenvalue weighted by molar-refractivity contribution is -0.282. The summed E-state index contributed by atoms with van der Waals surface area (Å²) in [5, 5.41) is 92.5. The van der Waals surface area contributed by atoms with Gasteiger partial charge in [0.1, 0.15) is 54.9 Å². The number of amides is 1. The maximum Gasteiger partial charge on any atom is 0.472 e. The first-order valence-electron chi connectivity index (χ1n) is 36.9. The molecule has 640 valence electrons. The molecule has 4 rings (SSSR count). The van der Waals surface area contributed by atoms with Crippen LogP contribution in [0.15, 0.2) is 0 Å². The first-order chi connectivity index (χ1) is 51.0. The van der Waals surface area contributed by atoms with Gasteiger partial charge in [0.15, 0.2) is 18.9 Å². The van der Waals surface area contributed by atoms with E-state index < -0.39 is 206 Å². The summed E-state index contributed by atoms with van der Waals surface area (Å²) < 4.78 is 170. The molecular weight excluding hydrogens is 1550 g/mol. The molecule has 23 atom stereocenters. The molecule has 4 aliphatic heterocycles. The third kappa shape index (κ3) is 37.7. The summed E-state index contributed by atoms with van der Waals surface area (Å²) in [6.07, 6.45) is -10.1. The van der Waals surface area contributed by atoms with Crippen molar-refractivity contribution in [1.82, 2.24) is 5.32 Å².